The molecule has 2 heteroatoms. The van der Waals surface area contributed by atoms with Gasteiger partial charge in [-0.25, -0.2) is 0 Å². The van der Waals surface area contributed by atoms with Crippen LogP contribution in [-0.2, 0) is 9.47 Å². The van der Waals surface area contributed by atoms with Crippen molar-refractivity contribution in [3.63, 3.8) is 0 Å². The van der Waals surface area contributed by atoms with Crippen LogP contribution in [0.3, 0.4) is 0 Å². The van der Waals surface area contributed by atoms with Crippen molar-refractivity contribution < 1.29 is 9.47 Å². The van der Waals surface area contributed by atoms with Crippen molar-refractivity contribution in [2.75, 3.05) is 13.2 Å². The largest absolute Gasteiger partial charge is 0.347 e. The van der Waals surface area contributed by atoms with Gasteiger partial charge in [-0.3, -0.25) is 0 Å². The van der Waals surface area contributed by atoms with Crippen molar-refractivity contribution in [1.82, 2.24) is 0 Å². The van der Waals surface area contributed by atoms with Gasteiger partial charge < -0.3 is 9.47 Å². The van der Waals surface area contributed by atoms with E-state index in [-0.39, 0.29) is 5.79 Å². The van der Waals surface area contributed by atoms with E-state index in [1.54, 1.807) is 0 Å². The molecular formula is C12H22O2. The average Bonchev–Trinajstić information content (AvgIpc) is 2.52. The minimum absolute atomic E-state index is 0.216. The Labute approximate surface area is 87.0 Å². The Morgan fingerprint density at radius 1 is 1.14 bits per heavy atom. The van der Waals surface area contributed by atoms with E-state index in [1.165, 1.54) is 12.8 Å². The quantitative estimate of drug-likeness (QED) is 0.645. The van der Waals surface area contributed by atoms with Crippen LogP contribution in [0.4, 0.5) is 0 Å². The fraction of sp³-hybridized carbons (Fsp3) is 1.00. The minimum atomic E-state index is -0.216. The molecule has 82 valence electrons. The highest BCUT2D eigenvalue weighted by Crippen LogP contribution is 2.45. The third-order valence-electron chi connectivity index (χ3n) is 3.75. The summed E-state index contributed by atoms with van der Waals surface area (Å²) >= 11 is 0. The van der Waals surface area contributed by atoms with Gasteiger partial charge in [0.05, 0.1) is 13.2 Å². The molecule has 1 aliphatic heterocycles. The third kappa shape index (κ3) is 1.70. The summed E-state index contributed by atoms with van der Waals surface area (Å²) < 4.78 is 11.8. The van der Waals surface area contributed by atoms with Crippen LogP contribution in [0.2, 0.25) is 0 Å². The van der Waals surface area contributed by atoms with E-state index in [9.17, 15) is 0 Å². The van der Waals surface area contributed by atoms with Crippen molar-refractivity contribution in [2.24, 2.45) is 17.8 Å². The molecule has 0 aromatic carbocycles. The lowest BCUT2D eigenvalue weighted by atomic mass is 9.73. The van der Waals surface area contributed by atoms with Gasteiger partial charge in [-0.15, -0.1) is 0 Å². The van der Waals surface area contributed by atoms with Crippen molar-refractivity contribution in [1.29, 1.82) is 0 Å². The molecule has 0 unspecified atom stereocenters. The lowest BCUT2D eigenvalue weighted by Gasteiger charge is -2.43. The monoisotopic (exact) mass is 198 g/mol. The topological polar surface area (TPSA) is 18.5 Å². The Kier molecular flexibility index (Phi) is 2.85. The zero-order chi connectivity index (χ0) is 10.2. The predicted octanol–water partition coefficient (Wildman–Crippen LogP) is 2.82. The Hall–Kier alpha value is -0.0800. The Morgan fingerprint density at radius 3 is 2.36 bits per heavy atom. The molecule has 2 aliphatic rings. The van der Waals surface area contributed by atoms with Crippen LogP contribution in [0.25, 0.3) is 0 Å². The van der Waals surface area contributed by atoms with Gasteiger partial charge in [-0.2, -0.15) is 0 Å². The molecular weight excluding hydrogens is 176 g/mol. The second-order valence-corrected chi connectivity index (χ2v) is 5.25. The summed E-state index contributed by atoms with van der Waals surface area (Å²) in [6, 6.07) is 0. The molecule has 1 aliphatic carbocycles. The Morgan fingerprint density at radius 2 is 1.79 bits per heavy atom. The van der Waals surface area contributed by atoms with Gasteiger partial charge in [0.15, 0.2) is 5.79 Å². The van der Waals surface area contributed by atoms with Crippen LogP contribution < -0.4 is 0 Å². The second-order valence-electron chi connectivity index (χ2n) is 5.25. The summed E-state index contributed by atoms with van der Waals surface area (Å²) in [7, 11) is 0. The molecule has 1 saturated heterocycles. The number of hydrogen-bond donors (Lipinski definition) is 0. The van der Waals surface area contributed by atoms with Crippen molar-refractivity contribution in [3.8, 4) is 0 Å². The summed E-state index contributed by atoms with van der Waals surface area (Å²) in [5.74, 6) is 1.80. The van der Waals surface area contributed by atoms with E-state index in [1.807, 2.05) is 0 Å². The van der Waals surface area contributed by atoms with Gasteiger partial charge in [0.1, 0.15) is 0 Å². The maximum atomic E-state index is 5.90. The molecule has 2 rings (SSSR count). The van der Waals surface area contributed by atoms with Crippen molar-refractivity contribution in [3.05, 3.63) is 0 Å². The first kappa shape index (κ1) is 10.4. The molecule has 0 bridgehead atoms. The highest BCUT2D eigenvalue weighted by molar-refractivity contribution is 4.90. The lowest BCUT2D eigenvalue weighted by molar-refractivity contribution is -0.230. The Bertz CT molecular complexity index is 194. The number of rotatable bonds is 1. The molecule has 1 heterocycles. The second kappa shape index (κ2) is 3.82. The molecule has 1 saturated carbocycles. The first-order chi connectivity index (χ1) is 6.64. The molecule has 0 aromatic heterocycles. The van der Waals surface area contributed by atoms with Crippen LogP contribution in [-0.4, -0.2) is 19.0 Å². The van der Waals surface area contributed by atoms with Crippen molar-refractivity contribution in [2.45, 2.75) is 45.8 Å². The molecule has 1 spiro atoms. The third-order valence-corrected chi connectivity index (χ3v) is 3.75. The predicted molar refractivity (Wildman–Crippen MR) is 56.0 cm³/mol. The highest BCUT2D eigenvalue weighted by Gasteiger charge is 2.48. The van der Waals surface area contributed by atoms with Crippen LogP contribution >= 0.6 is 0 Å². The summed E-state index contributed by atoms with van der Waals surface area (Å²) in [6.45, 7) is 8.45. The average molecular weight is 198 g/mol. The highest BCUT2D eigenvalue weighted by atomic mass is 16.7. The molecule has 2 nitrogen and oxygen atoms in total. The molecule has 0 N–H and O–H groups in total. The van der Waals surface area contributed by atoms with Crippen LogP contribution in [0, 0.1) is 17.8 Å². The van der Waals surface area contributed by atoms with Crippen LogP contribution in [0.1, 0.15) is 40.0 Å². The van der Waals surface area contributed by atoms with Gasteiger partial charge in [-0.05, 0) is 18.3 Å². The van der Waals surface area contributed by atoms with Gasteiger partial charge in [-0.1, -0.05) is 27.2 Å². The van der Waals surface area contributed by atoms with E-state index >= 15 is 0 Å². The standard InChI is InChI=1S/C12H22O2/c1-9(2)11-5-4-10(3)8-12(11)13-6-7-14-12/h9-11H,4-8H2,1-3H3/t10-,11+/m0/s1. The summed E-state index contributed by atoms with van der Waals surface area (Å²) in [5.41, 5.74) is 0. The zero-order valence-electron chi connectivity index (χ0n) is 9.58. The van der Waals surface area contributed by atoms with E-state index in [2.05, 4.69) is 20.8 Å². The normalized spacial score (nSPS) is 36.9. The summed E-state index contributed by atoms with van der Waals surface area (Å²) in [6.07, 6.45) is 3.69. The van der Waals surface area contributed by atoms with E-state index in [4.69, 9.17) is 9.47 Å². The van der Waals surface area contributed by atoms with Gasteiger partial charge in [0, 0.05) is 12.3 Å². The molecule has 0 radical (unpaired) electrons. The van der Waals surface area contributed by atoms with E-state index in [0.717, 1.165) is 25.6 Å². The summed E-state index contributed by atoms with van der Waals surface area (Å²) in [5, 5.41) is 0. The number of ether oxygens (including phenoxy) is 2. The van der Waals surface area contributed by atoms with Gasteiger partial charge in [0.2, 0.25) is 0 Å². The molecule has 14 heavy (non-hydrogen) atoms. The molecule has 0 amide bonds. The van der Waals surface area contributed by atoms with E-state index in [0.29, 0.717) is 11.8 Å². The van der Waals surface area contributed by atoms with Gasteiger partial charge >= 0.3 is 0 Å². The maximum Gasteiger partial charge on any atom is 0.171 e. The van der Waals surface area contributed by atoms with Gasteiger partial charge in [0.25, 0.3) is 0 Å². The zero-order valence-corrected chi connectivity index (χ0v) is 9.58. The maximum absolute atomic E-state index is 5.90. The van der Waals surface area contributed by atoms with E-state index < -0.39 is 0 Å². The first-order valence-corrected chi connectivity index (χ1v) is 5.92. The fourth-order valence-corrected chi connectivity index (χ4v) is 3.07. The van der Waals surface area contributed by atoms with Crippen molar-refractivity contribution >= 4 is 0 Å². The molecule has 0 aromatic rings. The fourth-order valence-electron chi connectivity index (χ4n) is 3.07. The van der Waals surface area contributed by atoms with Crippen LogP contribution in [0.15, 0.2) is 0 Å². The minimum Gasteiger partial charge on any atom is -0.347 e. The molecule has 2 fully saturated rings. The smallest absolute Gasteiger partial charge is 0.171 e. The first-order valence-electron chi connectivity index (χ1n) is 5.92. The number of hydrogen-bond acceptors (Lipinski definition) is 2. The lowest BCUT2D eigenvalue weighted by Crippen LogP contribution is -2.46. The molecule has 2 atom stereocenters. The van der Waals surface area contributed by atoms with Crippen LogP contribution in [0.5, 0.6) is 0 Å². The SMILES string of the molecule is CC(C)[C@H]1CC[C@H](C)CC12OCCO2. The Balaban J connectivity index is 2.14. The summed E-state index contributed by atoms with van der Waals surface area (Å²) in [4.78, 5) is 0.